The van der Waals surface area contributed by atoms with Crippen LogP contribution < -0.4 is 0 Å². The molecule has 0 aliphatic heterocycles. The second-order valence-corrected chi connectivity index (χ2v) is 5.47. The molecule has 2 aliphatic carbocycles. The first-order valence-corrected chi connectivity index (χ1v) is 6.80. The van der Waals surface area contributed by atoms with E-state index < -0.39 is 35.2 Å². The summed E-state index contributed by atoms with van der Waals surface area (Å²) in [5.74, 6) is -9.61. The number of ether oxygens (including phenoxy) is 1. The summed E-state index contributed by atoms with van der Waals surface area (Å²) in [6.07, 6.45) is -1.54. The number of hydrogen-bond acceptors (Lipinski definition) is 1. The second kappa shape index (κ2) is 5.34. The first kappa shape index (κ1) is 16.4. The van der Waals surface area contributed by atoms with Crippen LogP contribution >= 0.6 is 0 Å². The van der Waals surface area contributed by atoms with Crippen LogP contribution in [0.3, 0.4) is 0 Å². The first-order chi connectivity index (χ1) is 9.59. The van der Waals surface area contributed by atoms with Gasteiger partial charge in [-0.05, 0) is 25.8 Å². The van der Waals surface area contributed by atoms with E-state index in [1.807, 2.05) is 0 Å². The number of hydrogen-bond donors (Lipinski definition) is 0. The van der Waals surface area contributed by atoms with Gasteiger partial charge in [-0.2, -0.15) is 26.3 Å². The van der Waals surface area contributed by atoms with Gasteiger partial charge < -0.3 is 4.74 Å². The van der Waals surface area contributed by atoms with E-state index in [2.05, 4.69) is 4.74 Å². The van der Waals surface area contributed by atoms with Crippen LogP contribution in [0.15, 0.2) is 23.3 Å². The molecule has 0 saturated heterocycles. The van der Waals surface area contributed by atoms with Crippen LogP contribution in [0.5, 0.6) is 0 Å². The van der Waals surface area contributed by atoms with Gasteiger partial charge in [0.25, 0.3) is 0 Å². The van der Waals surface area contributed by atoms with E-state index in [1.165, 1.54) is 0 Å². The van der Waals surface area contributed by atoms with Crippen molar-refractivity contribution in [3.8, 4) is 0 Å². The van der Waals surface area contributed by atoms with Crippen molar-refractivity contribution in [3.05, 3.63) is 23.3 Å². The van der Waals surface area contributed by atoms with Gasteiger partial charge in [-0.15, -0.1) is 0 Å². The molecule has 0 aromatic rings. The molecule has 0 heterocycles. The van der Waals surface area contributed by atoms with Gasteiger partial charge in [-0.1, -0.05) is 25.3 Å². The van der Waals surface area contributed by atoms with Crippen LogP contribution in [0.4, 0.5) is 26.3 Å². The lowest BCUT2D eigenvalue weighted by Gasteiger charge is -2.36. The van der Waals surface area contributed by atoms with Crippen LogP contribution in [-0.4, -0.2) is 24.1 Å². The highest BCUT2D eigenvalue weighted by Crippen LogP contribution is 2.52. The van der Waals surface area contributed by atoms with Crippen molar-refractivity contribution in [1.29, 1.82) is 0 Å². The van der Waals surface area contributed by atoms with Crippen LogP contribution in [0.2, 0.25) is 0 Å². The molecule has 0 N–H and O–H groups in total. The highest BCUT2D eigenvalue weighted by Gasteiger charge is 2.67. The van der Waals surface area contributed by atoms with Gasteiger partial charge in [0.05, 0.1) is 6.10 Å². The van der Waals surface area contributed by atoms with Gasteiger partial charge in [0, 0.05) is 5.57 Å². The summed E-state index contributed by atoms with van der Waals surface area (Å²) in [6.45, 7) is 0.779. The van der Waals surface area contributed by atoms with Gasteiger partial charge in [-0.3, -0.25) is 0 Å². The predicted molar refractivity (Wildman–Crippen MR) is 64.6 cm³/mol. The van der Waals surface area contributed by atoms with Crippen LogP contribution in [0.1, 0.15) is 39.0 Å². The quantitative estimate of drug-likeness (QED) is 0.660. The maximum absolute atomic E-state index is 13.9. The van der Waals surface area contributed by atoms with E-state index in [4.69, 9.17) is 0 Å². The Hall–Kier alpha value is -0.980. The SMILES string of the molecule is CC1=CC=C(C(F)(F)OC2CCCCC2)C(F)(F)C1(F)F. The minimum Gasteiger partial charge on any atom is -0.313 e. The number of allylic oxidation sites excluding steroid dienone is 3. The molecule has 0 aromatic carbocycles. The van der Waals surface area contributed by atoms with Gasteiger partial charge in [0.15, 0.2) is 0 Å². The third-order valence-corrected chi connectivity index (χ3v) is 3.91. The van der Waals surface area contributed by atoms with E-state index in [1.54, 1.807) is 0 Å². The number of alkyl halides is 6. The monoisotopic (exact) mass is 314 g/mol. The van der Waals surface area contributed by atoms with Crippen LogP contribution in [0.25, 0.3) is 0 Å². The maximum atomic E-state index is 13.9. The Kier molecular flexibility index (Phi) is 4.17. The zero-order chi connectivity index (χ0) is 15.9. The van der Waals surface area contributed by atoms with Gasteiger partial charge >= 0.3 is 18.0 Å². The summed E-state index contributed by atoms with van der Waals surface area (Å²) < 4.78 is 86.7. The van der Waals surface area contributed by atoms with Gasteiger partial charge in [0.2, 0.25) is 0 Å². The Labute approximate surface area is 118 Å². The minimum absolute atomic E-state index is 0.319. The lowest BCUT2D eigenvalue weighted by atomic mass is 9.90. The smallest absolute Gasteiger partial charge is 0.313 e. The average Bonchev–Trinajstić information content (AvgIpc) is 2.37. The second-order valence-electron chi connectivity index (χ2n) is 5.47. The summed E-state index contributed by atoms with van der Waals surface area (Å²) in [6, 6.07) is 0. The Morgan fingerprint density at radius 1 is 1.00 bits per heavy atom. The van der Waals surface area contributed by atoms with Crippen molar-refractivity contribution >= 4 is 0 Å². The van der Waals surface area contributed by atoms with Crippen LogP contribution in [-0.2, 0) is 4.74 Å². The highest BCUT2D eigenvalue weighted by atomic mass is 19.3. The average molecular weight is 314 g/mol. The van der Waals surface area contributed by atoms with Crippen molar-refractivity contribution in [1.82, 2.24) is 0 Å². The normalized spacial score (nSPS) is 26.2. The van der Waals surface area contributed by atoms with Crippen molar-refractivity contribution in [2.24, 2.45) is 0 Å². The van der Waals surface area contributed by atoms with Crippen LogP contribution in [0, 0.1) is 0 Å². The van der Waals surface area contributed by atoms with Crippen molar-refractivity contribution in [2.75, 3.05) is 0 Å². The van der Waals surface area contributed by atoms with Crippen molar-refractivity contribution in [3.63, 3.8) is 0 Å². The Bertz CT molecular complexity index is 460. The fraction of sp³-hybridized carbons (Fsp3) is 0.714. The first-order valence-electron chi connectivity index (χ1n) is 6.80. The molecule has 0 bridgehead atoms. The molecule has 2 aliphatic rings. The molecule has 21 heavy (non-hydrogen) atoms. The minimum atomic E-state index is -4.97. The van der Waals surface area contributed by atoms with E-state index in [0.717, 1.165) is 13.3 Å². The fourth-order valence-electron chi connectivity index (χ4n) is 2.57. The molecule has 120 valence electrons. The molecule has 1 saturated carbocycles. The third kappa shape index (κ3) is 2.84. The lowest BCUT2D eigenvalue weighted by molar-refractivity contribution is -0.272. The molecule has 1 nitrogen and oxygen atoms in total. The molecule has 0 atom stereocenters. The predicted octanol–water partition coefficient (Wildman–Crippen LogP) is 5.09. The summed E-state index contributed by atoms with van der Waals surface area (Å²) in [5, 5.41) is 0. The third-order valence-electron chi connectivity index (χ3n) is 3.91. The lowest BCUT2D eigenvalue weighted by Crippen LogP contribution is -2.50. The van der Waals surface area contributed by atoms with E-state index in [9.17, 15) is 26.3 Å². The Balaban J connectivity index is 2.26. The van der Waals surface area contributed by atoms with Crippen molar-refractivity contribution < 1.29 is 31.1 Å². The zero-order valence-electron chi connectivity index (χ0n) is 11.4. The molecule has 7 heteroatoms. The van der Waals surface area contributed by atoms with Crippen molar-refractivity contribution in [2.45, 2.75) is 63.1 Å². The summed E-state index contributed by atoms with van der Waals surface area (Å²) in [5.41, 5.74) is -2.93. The highest BCUT2D eigenvalue weighted by molar-refractivity contribution is 5.39. The molecule has 0 spiro atoms. The Morgan fingerprint density at radius 2 is 1.57 bits per heavy atom. The zero-order valence-corrected chi connectivity index (χ0v) is 11.4. The molecule has 0 aromatic heterocycles. The summed E-state index contributed by atoms with van der Waals surface area (Å²) in [4.78, 5) is 0. The fourth-order valence-corrected chi connectivity index (χ4v) is 2.57. The maximum Gasteiger partial charge on any atom is 0.385 e. The molecule has 0 radical (unpaired) electrons. The number of halogens is 6. The largest absolute Gasteiger partial charge is 0.385 e. The van der Waals surface area contributed by atoms with Gasteiger partial charge in [0.1, 0.15) is 5.57 Å². The molecular formula is C14H16F6O. The molecule has 1 fully saturated rings. The van der Waals surface area contributed by atoms with Gasteiger partial charge in [-0.25, -0.2) is 0 Å². The summed E-state index contributed by atoms with van der Waals surface area (Å²) in [7, 11) is 0. The van der Waals surface area contributed by atoms with E-state index in [-0.39, 0.29) is 0 Å². The molecule has 2 rings (SSSR count). The van der Waals surface area contributed by atoms with E-state index >= 15 is 0 Å². The molecule has 0 unspecified atom stereocenters. The molecular weight excluding hydrogens is 298 g/mol. The molecule has 0 amide bonds. The summed E-state index contributed by atoms with van der Waals surface area (Å²) >= 11 is 0. The van der Waals surface area contributed by atoms with E-state index in [0.29, 0.717) is 37.8 Å². The Morgan fingerprint density at radius 3 is 2.14 bits per heavy atom. The topological polar surface area (TPSA) is 9.23 Å². The number of rotatable bonds is 3. The standard InChI is InChI=1S/C14H16F6O/c1-9-7-8-11(13(17,18)12(9,15)16)14(19,20)21-10-5-3-2-4-6-10/h7-8,10H,2-6H2,1H3.